The van der Waals surface area contributed by atoms with Crippen molar-refractivity contribution in [1.82, 2.24) is 25.8 Å². The van der Waals surface area contributed by atoms with Crippen LogP contribution in [0.15, 0.2) is 78.0 Å². The highest BCUT2D eigenvalue weighted by Crippen LogP contribution is 2.51. The summed E-state index contributed by atoms with van der Waals surface area (Å²) in [6.07, 6.45) is 6.65. The number of nitrogens with one attached hydrogen (secondary N) is 3. The van der Waals surface area contributed by atoms with Gasteiger partial charge in [0.15, 0.2) is 0 Å². The molecule has 3 atom stereocenters. The second kappa shape index (κ2) is 12.5. The van der Waals surface area contributed by atoms with E-state index in [0.717, 1.165) is 40.4 Å². The van der Waals surface area contributed by atoms with E-state index in [1.807, 2.05) is 68.6 Å². The number of aromatic nitrogens is 1. The fourth-order valence-electron chi connectivity index (χ4n) is 5.79. The van der Waals surface area contributed by atoms with Crippen molar-refractivity contribution < 1.29 is 19.1 Å². The molecular weight excluding hydrogens is 564 g/mol. The maximum absolute atomic E-state index is 13.6. The Labute approximate surface area is 254 Å². The number of rotatable bonds is 8. The van der Waals surface area contributed by atoms with Gasteiger partial charge in [0.25, 0.3) is 0 Å². The molecule has 0 bridgehead atoms. The van der Waals surface area contributed by atoms with Crippen LogP contribution in [0.3, 0.4) is 0 Å². The molecule has 3 N–H and O–H groups in total. The summed E-state index contributed by atoms with van der Waals surface area (Å²) in [5.74, 6) is 1.18. The van der Waals surface area contributed by atoms with Crippen molar-refractivity contribution in [2.24, 2.45) is 0 Å². The standard InChI is InChI=1S/C32H34N6O4S/c1-20-18-23(42-22-9-4-3-5-10-22)12-13-24(20)38-25-14-16-34-31-27(25)28(36-32(38)41)29(43-31)30(40)35-21-8-7-17-37(19-21)26(39)11-6-15-33-2/h3-6,9-14,16,18,21,28-29,33H,7-8,15,17,19H2,1-2H3,(H,35,40)(H,36,41)/b11-6+/t21?,28?,29-/m1/s1. The Morgan fingerprint density at radius 3 is 2.77 bits per heavy atom. The molecule has 1 aromatic heterocycles. The van der Waals surface area contributed by atoms with Gasteiger partial charge in [0.05, 0.1) is 17.4 Å². The number of ether oxygens (including phenoxy) is 1. The minimum atomic E-state index is -0.570. The van der Waals surface area contributed by atoms with Crippen LogP contribution in [-0.4, -0.2) is 65.7 Å². The molecule has 4 heterocycles. The number of carbonyl (C=O) groups excluding carboxylic acids is 3. The number of amides is 4. The Morgan fingerprint density at radius 2 is 1.98 bits per heavy atom. The average molecular weight is 599 g/mol. The van der Waals surface area contributed by atoms with E-state index in [-0.39, 0.29) is 23.9 Å². The monoisotopic (exact) mass is 598 g/mol. The molecule has 1 saturated heterocycles. The zero-order chi connectivity index (χ0) is 29.9. The number of piperidine rings is 1. The molecule has 0 radical (unpaired) electrons. The van der Waals surface area contributed by atoms with E-state index < -0.39 is 11.3 Å². The van der Waals surface area contributed by atoms with Gasteiger partial charge in [-0.2, -0.15) is 0 Å². The average Bonchev–Trinajstić information content (AvgIpc) is 3.38. The summed E-state index contributed by atoms with van der Waals surface area (Å²) in [6.45, 7) is 3.68. The first kappa shape index (κ1) is 28.8. The third kappa shape index (κ3) is 5.95. The summed E-state index contributed by atoms with van der Waals surface area (Å²) in [6, 6.07) is 16.0. The van der Waals surface area contributed by atoms with E-state index in [1.165, 1.54) is 11.8 Å². The molecule has 3 aromatic rings. The highest BCUT2D eigenvalue weighted by Gasteiger charge is 2.47. The van der Waals surface area contributed by atoms with E-state index in [2.05, 4.69) is 20.9 Å². The third-order valence-corrected chi connectivity index (χ3v) is 9.10. The van der Waals surface area contributed by atoms with Crippen LogP contribution in [0.2, 0.25) is 0 Å². The number of hydrogen-bond acceptors (Lipinski definition) is 7. The zero-order valence-electron chi connectivity index (χ0n) is 24.1. The van der Waals surface area contributed by atoms with Gasteiger partial charge in [-0.05, 0) is 68.8 Å². The number of hydrogen-bond donors (Lipinski definition) is 3. The largest absolute Gasteiger partial charge is 0.457 e. The van der Waals surface area contributed by atoms with Gasteiger partial charge in [-0.15, -0.1) is 0 Å². The Hall–Kier alpha value is -4.35. The van der Waals surface area contributed by atoms with E-state index in [1.54, 1.807) is 28.1 Å². The van der Waals surface area contributed by atoms with E-state index in [4.69, 9.17) is 4.74 Å². The van der Waals surface area contributed by atoms with Crippen LogP contribution in [0.5, 0.6) is 11.5 Å². The Morgan fingerprint density at radius 1 is 1.14 bits per heavy atom. The number of pyridine rings is 1. The predicted octanol–water partition coefficient (Wildman–Crippen LogP) is 4.44. The van der Waals surface area contributed by atoms with E-state index in [9.17, 15) is 14.4 Å². The van der Waals surface area contributed by atoms with Crippen molar-refractivity contribution in [3.63, 3.8) is 0 Å². The number of carbonyl (C=O) groups is 3. The summed E-state index contributed by atoms with van der Waals surface area (Å²) in [4.78, 5) is 47.8. The van der Waals surface area contributed by atoms with Gasteiger partial charge in [0, 0.05) is 43.5 Å². The Kier molecular flexibility index (Phi) is 8.35. The molecule has 10 nitrogen and oxygen atoms in total. The summed E-state index contributed by atoms with van der Waals surface area (Å²) < 4.78 is 5.98. The Balaban J connectivity index is 1.18. The number of para-hydroxylation sites is 1. The lowest BCUT2D eigenvalue weighted by Gasteiger charge is -2.36. The van der Waals surface area contributed by atoms with Gasteiger partial charge in [-0.1, -0.05) is 36.0 Å². The molecule has 43 heavy (non-hydrogen) atoms. The molecule has 0 aliphatic carbocycles. The molecule has 3 aliphatic heterocycles. The van der Waals surface area contributed by atoms with Gasteiger partial charge in [-0.3, -0.25) is 14.5 Å². The number of benzene rings is 2. The number of likely N-dealkylation sites (N-methyl/N-ethyl adjacent to an activating group) is 1. The van der Waals surface area contributed by atoms with Crippen molar-refractivity contribution >= 4 is 41.0 Å². The van der Waals surface area contributed by atoms with Crippen LogP contribution >= 0.6 is 11.8 Å². The van der Waals surface area contributed by atoms with Crippen molar-refractivity contribution in [3.8, 4) is 11.5 Å². The van der Waals surface area contributed by atoms with Crippen LogP contribution in [-0.2, 0) is 9.59 Å². The quantitative estimate of drug-likeness (QED) is 0.329. The number of nitrogens with zero attached hydrogens (tertiary/aromatic N) is 3. The Bertz CT molecular complexity index is 1560. The minimum Gasteiger partial charge on any atom is -0.457 e. The molecule has 0 spiro atoms. The van der Waals surface area contributed by atoms with Gasteiger partial charge < -0.3 is 25.6 Å². The first-order valence-electron chi connectivity index (χ1n) is 14.4. The maximum Gasteiger partial charge on any atom is 0.327 e. The molecule has 222 valence electrons. The van der Waals surface area contributed by atoms with Crippen molar-refractivity contribution in [2.45, 2.75) is 42.1 Å². The summed E-state index contributed by atoms with van der Waals surface area (Å²) in [7, 11) is 1.83. The lowest BCUT2D eigenvalue weighted by atomic mass is 9.98. The number of aryl methyl sites for hydroxylation is 1. The second-order valence-electron chi connectivity index (χ2n) is 10.8. The third-order valence-electron chi connectivity index (χ3n) is 7.81. The van der Waals surface area contributed by atoms with E-state index in [0.29, 0.717) is 31.1 Å². The summed E-state index contributed by atoms with van der Waals surface area (Å²) in [5, 5.41) is 9.38. The summed E-state index contributed by atoms with van der Waals surface area (Å²) in [5.41, 5.74) is 3.14. The second-order valence-corrected chi connectivity index (χ2v) is 11.9. The molecule has 2 unspecified atom stereocenters. The fraction of sp³-hybridized carbons (Fsp3) is 0.312. The van der Waals surface area contributed by atoms with Crippen LogP contribution in [0.1, 0.15) is 30.0 Å². The molecule has 0 saturated carbocycles. The van der Waals surface area contributed by atoms with Crippen molar-refractivity contribution in [3.05, 3.63) is 84.1 Å². The smallest absolute Gasteiger partial charge is 0.327 e. The van der Waals surface area contributed by atoms with Gasteiger partial charge in [0.2, 0.25) is 11.8 Å². The lowest BCUT2D eigenvalue weighted by molar-refractivity contribution is -0.129. The molecule has 1 fully saturated rings. The molecule has 2 aromatic carbocycles. The minimum absolute atomic E-state index is 0.0553. The number of likely N-dealkylation sites (tertiary alicyclic amines) is 1. The number of urea groups is 1. The van der Waals surface area contributed by atoms with Crippen LogP contribution in [0, 0.1) is 6.92 Å². The normalized spacial score (nSPS) is 21.0. The molecule has 6 rings (SSSR count). The fourth-order valence-corrected chi connectivity index (χ4v) is 7.03. The lowest BCUT2D eigenvalue weighted by Crippen LogP contribution is -2.53. The van der Waals surface area contributed by atoms with Gasteiger partial charge in [0.1, 0.15) is 21.8 Å². The van der Waals surface area contributed by atoms with Gasteiger partial charge in [-0.25, -0.2) is 9.78 Å². The SMILES string of the molecule is CNC/C=C/C(=O)N1CCCC(NC(=O)[C@@H]2Sc3nccc4c3C2NC(=O)N4c2ccc(Oc3ccccc3)cc2C)C1. The topological polar surface area (TPSA) is 116 Å². The van der Waals surface area contributed by atoms with Gasteiger partial charge >= 0.3 is 6.03 Å². The molecular formula is C32H34N6O4S. The first-order valence-corrected chi connectivity index (χ1v) is 15.3. The summed E-state index contributed by atoms with van der Waals surface area (Å²) >= 11 is 1.36. The highest BCUT2D eigenvalue weighted by molar-refractivity contribution is 8.01. The molecule has 11 heteroatoms. The van der Waals surface area contributed by atoms with Crippen LogP contribution in [0.4, 0.5) is 16.2 Å². The number of anilines is 2. The van der Waals surface area contributed by atoms with Crippen LogP contribution in [0.25, 0.3) is 0 Å². The van der Waals surface area contributed by atoms with E-state index >= 15 is 0 Å². The molecule has 3 aliphatic rings. The highest BCUT2D eigenvalue weighted by atomic mass is 32.2. The maximum atomic E-state index is 13.6. The number of thioether (sulfide) groups is 1. The van der Waals surface area contributed by atoms with Crippen molar-refractivity contribution in [2.75, 3.05) is 31.6 Å². The predicted molar refractivity (Wildman–Crippen MR) is 166 cm³/mol. The van der Waals surface area contributed by atoms with Crippen molar-refractivity contribution in [1.29, 1.82) is 0 Å². The zero-order valence-corrected chi connectivity index (χ0v) is 24.9. The molecule has 4 amide bonds. The first-order chi connectivity index (χ1) is 20.9. The van der Waals surface area contributed by atoms with Crippen LogP contribution < -0.4 is 25.6 Å².